The van der Waals surface area contributed by atoms with E-state index in [4.69, 9.17) is 22.1 Å². The zero-order valence-electron chi connectivity index (χ0n) is 10.4. The molecule has 19 heavy (non-hydrogen) atoms. The molecule has 98 valence electrons. The summed E-state index contributed by atoms with van der Waals surface area (Å²) in [6.45, 7) is 0. The lowest BCUT2D eigenvalue weighted by atomic mass is 10.2. The van der Waals surface area contributed by atoms with Crippen molar-refractivity contribution in [1.29, 1.82) is 0 Å². The summed E-state index contributed by atoms with van der Waals surface area (Å²) in [5.74, 6) is 2.58. The van der Waals surface area contributed by atoms with Crippen LogP contribution < -0.4 is 10.5 Å². The predicted octanol–water partition coefficient (Wildman–Crippen LogP) is 2.66. The lowest BCUT2D eigenvalue weighted by molar-refractivity contribution is 0.416. The average molecular weight is 277 g/mol. The summed E-state index contributed by atoms with van der Waals surface area (Å²) in [5.41, 5.74) is 6.52. The summed E-state index contributed by atoms with van der Waals surface area (Å²) in [5, 5.41) is 0.602. The molecule has 0 bridgehead atoms. The number of anilines is 1. The van der Waals surface area contributed by atoms with E-state index < -0.39 is 0 Å². The lowest BCUT2D eigenvalue weighted by Gasteiger charge is -2.09. The first-order chi connectivity index (χ1) is 9.17. The number of aromatic nitrogens is 3. The van der Waals surface area contributed by atoms with Crippen molar-refractivity contribution >= 4 is 17.5 Å². The Hall–Kier alpha value is -1.88. The Bertz CT molecular complexity index is 628. The highest BCUT2D eigenvalue weighted by Gasteiger charge is 2.28. The van der Waals surface area contributed by atoms with Gasteiger partial charge in [0.2, 0.25) is 5.95 Å². The maximum Gasteiger partial charge on any atom is 0.223 e. The topological polar surface area (TPSA) is 73.9 Å². The van der Waals surface area contributed by atoms with Crippen LogP contribution in [-0.4, -0.2) is 22.1 Å². The molecule has 1 aromatic heterocycles. The van der Waals surface area contributed by atoms with Crippen LogP contribution >= 0.6 is 11.6 Å². The van der Waals surface area contributed by atoms with Crippen molar-refractivity contribution < 1.29 is 4.74 Å². The molecule has 5 nitrogen and oxygen atoms in total. The normalized spacial score (nSPS) is 14.4. The Morgan fingerprint density at radius 3 is 2.74 bits per heavy atom. The third kappa shape index (κ3) is 2.46. The van der Waals surface area contributed by atoms with Gasteiger partial charge in [-0.25, -0.2) is 4.98 Å². The number of nitrogen functional groups attached to an aromatic ring is 1. The van der Waals surface area contributed by atoms with Gasteiger partial charge in [0.15, 0.2) is 5.82 Å². The van der Waals surface area contributed by atoms with E-state index in [0.29, 0.717) is 22.5 Å². The highest BCUT2D eigenvalue weighted by atomic mass is 35.5. The van der Waals surface area contributed by atoms with Gasteiger partial charge in [0.25, 0.3) is 0 Å². The molecular weight excluding hydrogens is 264 g/mol. The SMILES string of the molecule is COc1cc(Cl)ccc1-c1nc(N)nc(C2CC2)n1. The van der Waals surface area contributed by atoms with Crippen molar-refractivity contribution in [2.24, 2.45) is 0 Å². The first-order valence-electron chi connectivity index (χ1n) is 6.02. The van der Waals surface area contributed by atoms with Crippen LogP contribution in [0, 0.1) is 0 Å². The van der Waals surface area contributed by atoms with E-state index in [-0.39, 0.29) is 5.95 Å². The van der Waals surface area contributed by atoms with E-state index in [0.717, 1.165) is 24.2 Å². The summed E-state index contributed by atoms with van der Waals surface area (Å²) in [6, 6.07) is 5.33. The van der Waals surface area contributed by atoms with Crippen molar-refractivity contribution in [3.05, 3.63) is 29.0 Å². The molecule has 1 aliphatic rings. The molecule has 0 atom stereocenters. The number of hydrogen-bond acceptors (Lipinski definition) is 5. The number of halogens is 1. The molecule has 1 fully saturated rings. The molecule has 2 N–H and O–H groups in total. The number of nitrogens with zero attached hydrogens (tertiary/aromatic N) is 3. The molecule has 0 amide bonds. The fourth-order valence-corrected chi connectivity index (χ4v) is 2.07. The van der Waals surface area contributed by atoms with Crippen LogP contribution in [0.25, 0.3) is 11.4 Å². The molecule has 1 saturated carbocycles. The summed E-state index contributed by atoms with van der Waals surface area (Å²) in [6.07, 6.45) is 2.22. The molecule has 0 spiro atoms. The van der Waals surface area contributed by atoms with Gasteiger partial charge in [-0.05, 0) is 31.0 Å². The monoisotopic (exact) mass is 276 g/mol. The first kappa shape index (κ1) is 12.2. The molecule has 1 heterocycles. The van der Waals surface area contributed by atoms with Gasteiger partial charge < -0.3 is 10.5 Å². The van der Waals surface area contributed by atoms with Gasteiger partial charge in [0.05, 0.1) is 12.7 Å². The van der Waals surface area contributed by atoms with Crippen LogP contribution in [0.2, 0.25) is 5.02 Å². The van der Waals surface area contributed by atoms with Gasteiger partial charge in [-0.1, -0.05) is 11.6 Å². The van der Waals surface area contributed by atoms with Crippen molar-refractivity contribution in [1.82, 2.24) is 15.0 Å². The van der Waals surface area contributed by atoms with Gasteiger partial charge in [-0.15, -0.1) is 0 Å². The maximum absolute atomic E-state index is 5.95. The van der Waals surface area contributed by atoms with E-state index in [2.05, 4.69) is 15.0 Å². The van der Waals surface area contributed by atoms with E-state index in [1.165, 1.54) is 0 Å². The minimum Gasteiger partial charge on any atom is -0.496 e. The average Bonchev–Trinajstić information content (AvgIpc) is 3.22. The van der Waals surface area contributed by atoms with Crippen LogP contribution in [0.1, 0.15) is 24.6 Å². The number of rotatable bonds is 3. The maximum atomic E-state index is 5.95. The Labute approximate surface area is 115 Å². The standard InChI is InChI=1S/C13H13ClN4O/c1-19-10-6-8(14)4-5-9(10)12-16-11(7-2-3-7)17-13(15)18-12/h4-7H,2-3H2,1H3,(H2,15,16,17,18). The number of ether oxygens (including phenoxy) is 1. The number of hydrogen-bond donors (Lipinski definition) is 1. The van der Waals surface area contributed by atoms with Crippen molar-refractivity contribution in [3.8, 4) is 17.1 Å². The first-order valence-corrected chi connectivity index (χ1v) is 6.40. The molecule has 0 aliphatic heterocycles. The fourth-order valence-electron chi connectivity index (χ4n) is 1.90. The van der Waals surface area contributed by atoms with Crippen molar-refractivity contribution in [2.45, 2.75) is 18.8 Å². The summed E-state index contributed by atoms with van der Waals surface area (Å²) < 4.78 is 5.31. The molecule has 1 aliphatic carbocycles. The third-order valence-corrected chi connectivity index (χ3v) is 3.25. The highest BCUT2D eigenvalue weighted by molar-refractivity contribution is 6.30. The fraction of sp³-hybridized carbons (Fsp3) is 0.308. The Balaban J connectivity index is 2.10. The van der Waals surface area contributed by atoms with Crippen LogP contribution in [0.15, 0.2) is 18.2 Å². The van der Waals surface area contributed by atoms with Gasteiger partial charge in [0, 0.05) is 10.9 Å². The second-order valence-corrected chi connectivity index (χ2v) is 4.93. The second-order valence-electron chi connectivity index (χ2n) is 4.49. The minimum absolute atomic E-state index is 0.240. The molecular formula is C13H13ClN4O. The van der Waals surface area contributed by atoms with Crippen LogP contribution in [0.5, 0.6) is 5.75 Å². The third-order valence-electron chi connectivity index (χ3n) is 3.02. The summed E-state index contributed by atoms with van der Waals surface area (Å²) in [7, 11) is 1.58. The predicted molar refractivity (Wildman–Crippen MR) is 73.2 cm³/mol. The molecule has 1 aromatic carbocycles. The quantitative estimate of drug-likeness (QED) is 0.933. The number of nitrogens with two attached hydrogens (primary N) is 1. The largest absolute Gasteiger partial charge is 0.496 e. The zero-order chi connectivity index (χ0) is 13.4. The lowest BCUT2D eigenvalue weighted by Crippen LogP contribution is -2.04. The Morgan fingerprint density at radius 1 is 1.26 bits per heavy atom. The van der Waals surface area contributed by atoms with E-state index in [9.17, 15) is 0 Å². The molecule has 6 heteroatoms. The molecule has 0 saturated heterocycles. The summed E-state index contributed by atoms with van der Waals surface area (Å²) >= 11 is 5.95. The van der Waals surface area contributed by atoms with Gasteiger partial charge in [-0.2, -0.15) is 9.97 Å². The molecule has 0 radical (unpaired) electrons. The summed E-state index contributed by atoms with van der Waals surface area (Å²) in [4.78, 5) is 12.8. The van der Waals surface area contributed by atoms with E-state index in [1.807, 2.05) is 6.07 Å². The van der Waals surface area contributed by atoms with Gasteiger partial charge >= 0.3 is 0 Å². The Morgan fingerprint density at radius 2 is 2.05 bits per heavy atom. The van der Waals surface area contributed by atoms with E-state index in [1.54, 1.807) is 19.2 Å². The van der Waals surface area contributed by atoms with Gasteiger partial charge in [-0.3, -0.25) is 0 Å². The molecule has 2 aromatic rings. The number of benzene rings is 1. The minimum atomic E-state index is 0.240. The smallest absolute Gasteiger partial charge is 0.223 e. The van der Waals surface area contributed by atoms with Crippen LogP contribution in [0.3, 0.4) is 0 Å². The van der Waals surface area contributed by atoms with E-state index >= 15 is 0 Å². The highest BCUT2D eigenvalue weighted by Crippen LogP contribution is 2.39. The van der Waals surface area contributed by atoms with Crippen molar-refractivity contribution in [2.75, 3.05) is 12.8 Å². The van der Waals surface area contributed by atoms with Crippen LogP contribution in [0.4, 0.5) is 5.95 Å². The molecule has 0 unspecified atom stereocenters. The second kappa shape index (κ2) is 4.66. The van der Waals surface area contributed by atoms with Crippen LogP contribution in [-0.2, 0) is 0 Å². The Kier molecular flexibility index (Phi) is 2.98. The van der Waals surface area contributed by atoms with Crippen molar-refractivity contribution in [3.63, 3.8) is 0 Å². The molecule has 3 rings (SSSR count). The number of methoxy groups -OCH3 is 1. The zero-order valence-corrected chi connectivity index (χ0v) is 11.2. The van der Waals surface area contributed by atoms with Gasteiger partial charge in [0.1, 0.15) is 11.6 Å².